The van der Waals surface area contributed by atoms with E-state index in [0.717, 1.165) is 39.0 Å². The number of hydrogen-bond donors (Lipinski definition) is 1. The molecule has 0 bridgehead atoms. The van der Waals surface area contributed by atoms with Crippen molar-refractivity contribution < 1.29 is 9.53 Å². The van der Waals surface area contributed by atoms with Gasteiger partial charge in [0.2, 0.25) is 5.91 Å². The number of nitrogens with zero attached hydrogens (tertiary/aromatic N) is 1. The largest absolute Gasteiger partial charge is 0.381 e. The molecule has 4 heteroatoms. The minimum Gasteiger partial charge on any atom is -0.381 e. The number of nitrogens with one attached hydrogen (secondary N) is 1. The number of amides is 1. The van der Waals surface area contributed by atoms with Crippen molar-refractivity contribution in [1.82, 2.24) is 10.2 Å². The number of rotatable bonds is 9. The zero-order valence-corrected chi connectivity index (χ0v) is 12.1. The molecule has 1 atom stereocenters. The summed E-state index contributed by atoms with van der Waals surface area (Å²) in [5.41, 5.74) is 0. The summed E-state index contributed by atoms with van der Waals surface area (Å²) < 4.78 is 5.53. The third-order valence-corrected chi connectivity index (χ3v) is 3.21. The van der Waals surface area contributed by atoms with Crippen molar-refractivity contribution in [2.24, 2.45) is 5.92 Å². The second-order valence-electron chi connectivity index (χ2n) is 5.43. The lowest BCUT2D eigenvalue weighted by Gasteiger charge is -2.25. The molecule has 1 amide bonds. The van der Waals surface area contributed by atoms with Crippen LogP contribution in [0, 0.1) is 5.92 Å². The van der Waals surface area contributed by atoms with Gasteiger partial charge in [-0.05, 0) is 25.2 Å². The molecule has 1 saturated heterocycles. The van der Waals surface area contributed by atoms with Crippen LogP contribution in [0.3, 0.4) is 0 Å². The van der Waals surface area contributed by atoms with Crippen LogP contribution in [0.5, 0.6) is 0 Å². The highest BCUT2D eigenvalue weighted by Crippen LogP contribution is 2.14. The Bertz CT molecular complexity index is 244. The van der Waals surface area contributed by atoms with Gasteiger partial charge >= 0.3 is 0 Å². The van der Waals surface area contributed by atoms with Gasteiger partial charge in [-0.25, -0.2) is 0 Å². The highest BCUT2D eigenvalue weighted by molar-refractivity contribution is 5.80. The minimum absolute atomic E-state index is 0.230. The number of unbranched alkanes of at least 4 members (excludes halogenated alkanes) is 1. The Hall–Kier alpha value is -0.610. The van der Waals surface area contributed by atoms with Gasteiger partial charge in [-0.15, -0.1) is 0 Å². The van der Waals surface area contributed by atoms with Crippen LogP contribution in [0.4, 0.5) is 0 Å². The molecule has 0 radical (unpaired) electrons. The average Bonchev–Trinajstić information content (AvgIpc) is 2.65. The molecule has 1 N–H and O–H groups in total. The molecule has 1 aliphatic heterocycles. The van der Waals surface area contributed by atoms with Crippen LogP contribution < -0.4 is 5.32 Å². The highest BCUT2D eigenvalue weighted by atomic mass is 16.5. The first-order valence-corrected chi connectivity index (χ1v) is 7.25. The van der Waals surface area contributed by atoms with E-state index in [0.29, 0.717) is 12.5 Å². The molecule has 0 aromatic rings. The summed E-state index contributed by atoms with van der Waals surface area (Å²) in [6.45, 7) is 9.46. The van der Waals surface area contributed by atoms with Gasteiger partial charge < -0.3 is 9.64 Å². The Morgan fingerprint density at radius 1 is 1.39 bits per heavy atom. The Morgan fingerprint density at radius 2 is 2.11 bits per heavy atom. The summed E-state index contributed by atoms with van der Waals surface area (Å²) in [5.74, 6) is 0.839. The number of carbonyl (C=O) groups is 1. The molecule has 1 heterocycles. The van der Waals surface area contributed by atoms with E-state index >= 15 is 0 Å². The van der Waals surface area contributed by atoms with Gasteiger partial charge in [0.05, 0.1) is 12.7 Å². The van der Waals surface area contributed by atoms with Crippen molar-refractivity contribution in [2.45, 2.75) is 52.6 Å². The molecular weight excluding hydrogens is 228 g/mol. The fourth-order valence-electron chi connectivity index (χ4n) is 2.21. The SMILES string of the molecule is CCCCOCCCN1C(=O)CNC1CC(C)C. The first-order valence-electron chi connectivity index (χ1n) is 7.25. The van der Waals surface area contributed by atoms with E-state index in [4.69, 9.17) is 4.74 Å². The first-order chi connectivity index (χ1) is 8.65. The summed E-state index contributed by atoms with van der Waals surface area (Å²) >= 11 is 0. The maximum absolute atomic E-state index is 11.8. The van der Waals surface area contributed by atoms with Gasteiger partial charge in [-0.3, -0.25) is 10.1 Å². The summed E-state index contributed by atoms with van der Waals surface area (Å²) in [7, 11) is 0. The second-order valence-corrected chi connectivity index (χ2v) is 5.43. The normalized spacial score (nSPS) is 20.1. The predicted molar refractivity (Wildman–Crippen MR) is 73.3 cm³/mol. The molecule has 0 spiro atoms. The van der Waals surface area contributed by atoms with Crippen molar-refractivity contribution in [3.8, 4) is 0 Å². The Balaban J connectivity index is 2.19. The summed E-state index contributed by atoms with van der Waals surface area (Å²) in [4.78, 5) is 13.7. The maximum Gasteiger partial charge on any atom is 0.237 e. The number of ether oxygens (including phenoxy) is 1. The van der Waals surface area contributed by atoms with Gasteiger partial charge in [-0.1, -0.05) is 27.2 Å². The van der Waals surface area contributed by atoms with E-state index in [1.807, 2.05) is 4.90 Å². The lowest BCUT2D eigenvalue weighted by Crippen LogP contribution is -2.39. The fraction of sp³-hybridized carbons (Fsp3) is 0.929. The van der Waals surface area contributed by atoms with Gasteiger partial charge in [0.25, 0.3) is 0 Å². The number of hydrogen-bond acceptors (Lipinski definition) is 3. The fourth-order valence-corrected chi connectivity index (χ4v) is 2.21. The van der Waals surface area contributed by atoms with Crippen LogP contribution in [0.2, 0.25) is 0 Å². The van der Waals surface area contributed by atoms with Crippen LogP contribution in [-0.4, -0.2) is 43.3 Å². The molecule has 1 rings (SSSR count). The van der Waals surface area contributed by atoms with E-state index in [2.05, 4.69) is 26.1 Å². The Labute approximate surface area is 111 Å². The van der Waals surface area contributed by atoms with Crippen LogP contribution >= 0.6 is 0 Å². The molecular formula is C14H28N2O2. The van der Waals surface area contributed by atoms with Gasteiger partial charge in [0.1, 0.15) is 0 Å². The number of carbonyl (C=O) groups excluding carboxylic acids is 1. The molecule has 0 aliphatic carbocycles. The highest BCUT2D eigenvalue weighted by Gasteiger charge is 2.29. The summed E-state index contributed by atoms with van der Waals surface area (Å²) in [6, 6.07) is 0. The van der Waals surface area contributed by atoms with E-state index in [-0.39, 0.29) is 12.1 Å². The van der Waals surface area contributed by atoms with E-state index < -0.39 is 0 Å². The predicted octanol–water partition coefficient (Wildman–Crippen LogP) is 2.00. The average molecular weight is 256 g/mol. The molecule has 1 fully saturated rings. The van der Waals surface area contributed by atoms with Gasteiger partial charge in [-0.2, -0.15) is 0 Å². The smallest absolute Gasteiger partial charge is 0.237 e. The van der Waals surface area contributed by atoms with Crippen molar-refractivity contribution >= 4 is 5.91 Å². The second kappa shape index (κ2) is 8.48. The lowest BCUT2D eigenvalue weighted by molar-refractivity contribution is -0.128. The zero-order valence-electron chi connectivity index (χ0n) is 12.1. The van der Waals surface area contributed by atoms with E-state index in [1.165, 1.54) is 6.42 Å². The molecule has 0 aromatic carbocycles. The van der Waals surface area contributed by atoms with Crippen LogP contribution in [0.25, 0.3) is 0 Å². The molecule has 0 saturated carbocycles. The lowest BCUT2D eigenvalue weighted by atomic mass is 10.1. The van der Waals surface area contributed by atoms with E-state index in [1.54, 1.807) is 0 Å². The third kappa shape index (κ3) is 5.36. The summed E-state index contributed by atoms with van der Waals surface area (Å²) in [5, 5.41) is 3.28. The molecule has 1 aliphatic rings. The van der Waals surface area contributed by atoms with Crippen molar-refractivity contribution in [3.63, 3.8) is 0 Å². The molecule has 106 valence electrons. The van der Waals surface area contributed by atoms with Crippen molar-refractivity contribution in [3.05, 3.63) is 0 Å². The quantitative estimate of drug-likeness (QED) is 0.642. The van der Waals surface area contributed by atoms with Gasteiger partial charge in [0.15, 0.2) is 0 Å². The molecule has 0 aromatic heterocycles. The molecule has 18 heavy (non-hydrogen) atoms. The Kier molecular flexibility index (Phi) is 7.28. The molecule has 4 nitrogen and oxygen atoms in total. The minimum atomic E-state index is 0.230. The monoisotopic (exact) mass is 256 g/mol. The first kappa shape index (κ1) is 15.4. The Morgan fingerprint density at radius 3 is 2.78 bits per heavy atom. The molecule has 1 unspecified atom stereocenters. The third-order valence-electron chi connectivity index (χ3n) is 3.21. The maximum atomic E-state index is 11.8. The van der Waals surface area contributed by atoms with Crippen LogP contribution in [0.15, 0.2) is 0 Å². The van der Waals surface area contributed by atoms with Crippen LogP contribution in [0.1, 0.15) is 46.5 Å². The van der Waals surface area contributed by atoms with E-state index in [9.17, 15) is 4.79 Å². The zero-order chi connectivity index (χ0) is 13.4. The van der Waals surface area contributed by atoms with Crippen molar-refractivity contribution in [2.75, 3.05) is 26.3 Å². The topological polar surface area (TPSA) is 41.6 Å². The van der Waals surface area contributed by atoms with Gasteiger partial charge in [0, 0.05) is 19.8 Å². The van der Waals surface area contributed by atoms with Crippen molar-refractivity contribution in [1.29, 1.82) is 0 Å². The standard InChI is InChI=1S/C14H28N2O2/c1-4-5-8-18-9-6-7-16-13(10-12(2)3)15-11-14(16)17/h12-13,15H,4-11H2,1-3H3. The van der Waals surface area contributed by atoms with Crippen LogP contribution in [-0.2, 0) is 9.53 Å². The summed E-state index contributed by atoms with van der Waals surface area (Å²) in [6.07, 6.45) is 4.49.